The van der Waals surface area contributed by atoms with Crippen molar-refractivity contribution in [2.45, 2.75) is 50.3 Å². The normalized spacial score (nSPS) is 27.9. The highest BCUT2D eigenvalue weighted by Gasteiger charge is 2.54. The average Bonchev–Trinajstić information content (AvgIpc) is 2.75. The van der Waals surface area contributed by atoms with Gasteiger partial charge in [0.15, 0.2) is 0 Å². The van der Waals surface area contributed by atoms with Gasteiger partial charge in [-0.2, -0.15) is 4.31 Å². The van der Waals surface area contributed by atoms with Gasteiger partial charge < -0.3 is 5.32 Å². The molecule has 0 unspecified atom stereocenters. The second kappa shape index (κ2) is 9.06. The number of rotatable bonds is 7. The number of aryl methyl sites for hydroxylation is 1. The number of hydrogen-bond donors (Lipinski definition) is 3. The number of sulfonamides is 1. The van der Waals surface area contributed by atoms with E-state index in [4.69, 9.17) is 0 Å². The molecule has 180 valence electrons. The summed E-state index contributed by atoms with van der Waals surface area (Å²) in [5.74, 6) is 0.571. The Balaban J connectivity index is 1.21. The number of benzene rings is 1. The molecule has 5 rings (SSSR count). The van der Waals surface area contributed by atoms with Gasteiger partial charge >= 0.3 is 0 Å². The summed E-state index contributed by atoms with van der Waals surface area (Å²) >= 11 is 0. The Hall–Kier alpha value is -2.46. The minimum Gasteiger partial charge on any atom is -0.346 e. The Labute approximate surface area is 194 Å². The van der Waals surface area contributed by atoms with Crippen molar-refractivity contribution < 1.29 is 22.8 Å². The molecule has 4 fully saturated rings. The molecule has 4 aliphatic carbocycles. The fourth-order valence-corrected chi connectivity index (χ4v) is 7.26. The SMILES string of the molecule is Cc1ccc(S(=O)(=O)N(C)CC(=O)NNC(=O)CNC(=O)C23CC4CC(CC(C4)C2)C3)cc1. The first-order chi connectivity index (χ1) is 15.6. The maximum atomic E-state index is 12.9. The van der Waals surface area contributed by atoms with E-state index in [0.29, 0.717) is 17.8 Å². The van der Waals surface area contributed by atoms with Crippen LogP contribution in [-0.2, 0) is 24.4 Å². The summed E-state index contributed by atoms with van der Waals surface area (Å²) in [6.07, 6.45) is 6.41. The van der Waals surface area contributed by atoms with E-state index in [-0.39, 0.29) is 22.8 Å². The van der Waals surface area contributed by atoms with Gasteiger partial charge in [-0.25, -0.2) is 8.42 Å². The third-order valence-electron chi connectivity index (χ3n) is 7.37. The van der Waals surface area contributed by atoms with Gasteiger partial charge in [-0.1, -0.05) is 17.7 Å². The van der Waals surface area contributed by atoms with Gasteiger partial charge in [0, 0.05) is 12.5 Å². The van der Waals surface area contributed by atoms with Crippen LogP contribution in [0.3, 0.4) is 0 Å². The van der Waals surface area contributed by atoms with Crippen molar-refractivity contribution in [3.05, 3.63) is 29.8 Å². The molecule has 0 aliphatic heterocycles. The molecule has 1 aromatic rings. The number of carbonyl (C=O) groups excluding carboxylic acids is 3. The van der Waals surface area contributed by atoms with Crippen LogP contribution >= 0.6 is 0 Å². The number of carbonyl (C=O) groups is 3. The number of nitrogens with zero attached hydrogens (tertiary/aromatic N) is 1. The standard InChI is InChI=1S/C23H32N4O5S/c1-15-3-5-19(6-4-15)33(31,32)27(2)14-21(29)26-25-20(28)13-24-22(30)23-10-16-7-17(11-23)9-18(8-16)12-23/h3-6,16-18H,7-14H2,1-2H3,(H,24,30)(H,25,28)(H,26,29). The van der Waals surface area contributed by atoms with Crippen LogP contribution < -0.4 is 16.2 Å². The predicted octanol–water partition coefficient (Wildman–Crippen LogP) is 1.10. The first kappa shape index (κ1) is 23.7. The lowest BCUT2D eigenvalue weighted by Gasteiger charge is -2.55. The van der Waals surface area contributed by atoms with Crippen LogP contribution in [0.4, 0.5) is 0 Å². The zero-order valence-electron chi connectivity index (χ0n) is 19.1. The van der Waals surface area contributed by atoms with E-state index >= 15 is 0 Å². The summed E-state index contributed by atoms with van der Waals surface area (Å²) in [4.78, 5) is 37.3. The van der Waals surface area contributed by atoms with Crippen molar-refractivity contribution in [2.24, 2.45) is 23.2 Å². The Morgan fingerprint density at radius 2 is 1.45 bits per heavy atom. The number of hydrazine groups is 1. The minimum absolute atomic E-state index is 0.0630. The minimum atomic E-state index is -3.83. The van der Waals surface area contributed by atoms with Gasteiger partial charge in [0.25, 0.3) is 11.8 Å². The quantitative estimate of drug-likeness (QED) is 0.508. The van der Waals surface area contributed by atoms with E-state index in [9.17, 15) is 22.8 Å². The van der Waals surface area contributed by atoms with Gasteiger partial charge in [0.1, 0.15) is 0 Å². The molecule has 4 saturated carbocycles. The summed E-state index contributed by atoms with van der Waals surface area (Å²) in [7, 11) is -2.54. The lowest BCUT2D eigenvalue weighted by atomic mass is 9.49. The van der Waals surface area contributed by atoms with Crippen molar-refractivity contribution in [1.82, 2.24) is 20.5 Å². The van der Waals surface area contributed by atoms with Crippen LogP contribution in [0.2, 0.25) is 0 Å². The Bertz CT molecular complexity index is 1000. The van der Waals surface area contributed by atoms with Crippen LogP contribution in [0.15, 0.2) is 29.2 Å². The van der Waals surface area contributed by atoms with E-state index in [1.165, 1.54) is 38.4 Å². The smallest absolute Gasteiger partial charge is 0.257 e. The van der Waals surface area contributed by atoms with E-state index in [1.54, 1.807) is 12.1 Å². The molecule has 0 saturated heterocycles. The Morgan fingerprint density at radius 1 is 0.939 bits per heavy atom. The zero-order valence-corrected chi connectivity index (χ0v) is 19.9. The fraction of sp³-hybridized carbons (Fsp3) is 0.609. The Morgan fingerprint density at radius 3 is 2.00 bits per heavy atom. The van der Waals surface area contributed by atoms with Crippen LogP contribution in [0.1, 0.15) is 44.1 Å². The molecule has 10 heteroatoms. The van der Waals surface area contributed by atoms with Gasteiger partial charge in [-0.3, -0.25) is 25.2 Å². The Kier molecular flexibility index (Phi) is 6.50. The van der Waals surface area contributed by atoms with Gasteiger partial charge in [-0.15, -0.1) is 0 Å². The van der Waals surface area contributed by atoms with Crippen molar-refractivity contribution in [2.75, 3.05) is 20.1 Å². The summed E-state index contributed by atoms with van der Waals surface area (Å²) < 4.78 is 26.0. The van der Waals surface area contributed by atoms with E-state index in [1.807, 2.05) is 6.92 Å². The molecule has 3 N–H and O–H groups in total. The highest BCUT2D eigenvalue weighted by Crippen LogP contribution is 2.60. The average molecular weight is 477 g/mol. The fourth-order valence-electron chi connectivity index (χ4n) is 6.14. The van der Waals surface area contributed by atoms with Crippen molar-refractivity contribution >= 4 is 27.7 Å². The molecule has 0 atom stereocenters. The molecular weight excluding hydrogens is 444 g/mol. The summed E-state index contributed by atoms with van der Waals surface area (Å²) in [5, 5.41) is 2.75. The van der Waals surface area contributed by atoms with E-state index in [0.717, 1.165) is 29.1 Å². The molecule has 33 heavy (non-hydrogen) atoms. The van der Waals surface area contributed by atoms with Crippen LogP contribution in [-0.4, -0.2) is 50.6 Å². The summed E-state index contributed by atoms with van der Waals surface area (Å²) in [5.41, 5.74) is 5.03. The van der Waals surface area contributed by atoms with Gasteiger partial charge in [0.05, 0.1) is 18.0 Å². The van der Waals surface area contributed by atoms with Gasteiger partial charge in [-0.05, 0) is 75.3 Å². The monoisotopic (exact) mass is 476 g/mol. The predicted molar refractivity (Wildman–Crippen MR) is 121 cm³/mol. The topological polar surface area (TPSA) is 125 Å². The molecule has 9 nitrogen and oxygen atoms in total. The highest BCUT2D eigenvalue weighted by atomic mass is 32.2. The molecule has 1 aromatic carbocycles. The summed E-state index contributed by atoms with van der Waals surface area (Å²) in [6.45, 7) is 1.15. The highest BCUT2D eigenvalue weighted by molar-refractivity contribution is 7.89. The number of hydrogen-bond acceptors (Lipinski definition) is 5. The maximum absolute atomic E-state index is 12.9. The number of amides is 3. The molecule has 0 spiro atoms. The largest absolute Gasteiger partial charge is 0.346 e. The van der Waals surface area contributed by atoms with E-state index in [2.05, 4.69) is 16.2 Å². The second-order valence-electron chi connectivity index (χ2n) is 10.1. The molecule has 0 heterocycles. The first-order valence-electron chi connectivity index (χ1n) is 11.5. The van der Waals surface area contributed by atoms with Crippen LogP contribution in [0.5, 0.6) is 0 Å². The van der Waals surface area contributed by atoms with Crippen molar-refractivity contribution in [3.8, 4) is 0 Å². The molecule has 0 aromatic heterocycles. The second-order valence-corrected chi connectivity index (χ2v) is 12.1. The third-order valence-corrected chi connectivity index (χ3v) is 9.18. The van der Waals surface area contributed by atoms with Crippen molar-refractivity contribution in [1.29, 1.82) is 0 Å². The van der Waals surface area contributed by atoms with E-state index < -0.39 is 28.4 Å². The third kappa shape index (κ3) is 5.06. The van der Waals surface area contributed by atoms with Crippen LogP contribution in [0.25, 0.3) is 0 Å². The molecular formula is C23H32N4O5S. The van der Waals surface area contributed by atoms with Gasteiger partial charge in [0.2, 0.25) is 15.9 Å². The first-order valence-corrected chi connectivity index (χ1v) is 12.9. The number of nitrogens with one attached hydrogen (secondary N) is 3. The lowest BCUT2D eigenvalue weighted by molar-refractivity contribution is -0.147. The molecule has 3 amide bonds. The maximum Gasteiger partial charge on any atom is 0.257 e. The molecule has 0 radical (unpaired) electrons. The zero-order chi connectivity index (χ0) is 23.8. The lowest BCUT2D eigenvalue weighted by Crippen LogP contribution is -2.55. The number of likely N-dealkylation sites (N-methyl/N-ethyl adjacent to an activating group) is 1. The molecule has 4 bridgehead atoms. The summed E-state index contributed by atoms with van der Waals surface area (Å²) in [6, 6.07) is 6.32. The van der Waals surface area contributed by atoms with Crippen LogP contribution in [0, 0.1) is 30.1 Å². The molecule has 4 aliphatic rings. The van der Waals surface area contributed by atoms with Crippen molar-refractivity contribution in [3.63, 3.8) is 0 Å².